The Morgan fingerprint density at radius 3 is 2.41 bits per heavy atom. The summed E-state index contributed by atoms with van der Waals surface area (Å²) in [4.78, 5) is 17.7. The standard InChI is InChI=1S/C25H25N3O/c1-19-11-13-21(14-12-19)25-23-10-6-5-9-22(23)24(29)28(25)16-15-27(25)18-26-17-20-7-3-2-4-8-20/h2-14,26H,15-18H2,1H3. The molecule has 146 valence electrons. The highest BCUT2D eigenvalue weighted by molar-refractivity contribution is 6.01. The smallest absolute Gasteiger partial charge is 0.256 e. The lowest BCUT2D eigenvalue weighted by Crippen LogP contribution is -2.51. The topological polar surface area (TPSA) is 35.6 Å². The molecule has 2 aliphatic rings. The van der Waals surface area contributed by atoms with Gasteiger partial charge in [0, 0.05) is 30.8 Å². The molecule has 2 aliphatic heterocycles. The molecule has 1 saturated heterocycles. The van der Waals surface area contributed by atoms with Gasteiger partial charge in [0.05, 0.1) is 6.67 Å². The number of nitrogens with one attached hydrogen (secondary N) is 1. The third-order valence-corrected chi connectivity index (χ3v) is 6.15. The Bertz CT molecular complexity index is 1030. The lowest BCUT2D eigenvalue weighted by Gasteiger charge is -2.40. The van der Waals surface area contributed by atoms with Gasteiger partial charge in [0.25, 0.3) is 5.91 Å². The molecule has 4 heteroatoms. The summed E-state index contributed by atoms with van der Waals surface area (Å²) in [6.45, 7) is 5.18. The van der Waals surface area contributed by atoms with Gasteiger partial charge in [-0.25, -0.2) is 0 Å². The van der Waals surface area contributed by atoms with E-state index < -0.39 is 5.66 Å². The molecule has 0 aliphatic carbocycles. The number of aryl methyl sites for hydroxylation is 1. The number of rotatable bonds is 5. The maximum absolute atomic E-state index is 13.2. The van der Waals surface area contributed by atoms with Crippen molar-refractivity contribution in [2.75, 3.05) is 19.8 Å². The van der Waals surface area contributed by atoms with Gasteiger partial charge < -0.3 is 10.2 Å². The minimum Gasteiger partial charge on any atom is -0.311 e. The maximum atomic E-state index is 13.2. The first-order valence-corrected chi connectivity index (χ1v) is 10.2. The largest absolute Gasteiger partial charge is 0.311 e. The summed E-state index contributed by atoms with van der Waals surface area (Å²) in [5.74, 6) is 0.131. The summed E-state index contributed by atoms with van der Waals surface area (Å²) in [6, 6.07) is 27.1. The Morgan fingerprint density at radius 2 is 1.62 bits per heavy atom. The van der Waals surface area contributed by atoms with Crippen molar-refractivity contribution >= 4 is 5.91 Å². The van der Waals surface area contributed by atoms with E-state index in [-0.39, 0.29) is 5.91 Å². The lowest BCUT2D eigenvalue weighted by molar-refractivity contribution is 0.0427. The van der Waals surface area contributed by atoms with Crippen LogP contribution in [0.15, 0.2) is 78.9 Å². The van der Waals surface area contributed by atoms with Crippen molar-refractivity contribution in [2.24, 2.45) is 0 Å². The van der Waals surface area contributed by atoms with Crippen molar-refractivity contribution in [3.8, 4) is 0 Å². The Morgan fingerprint density at radius 1 is 0.897 bits per heavy atom. The summed E-state index contributed by atoms with van der Waals surface area (Å²) in [5.41, 5.74) is 5.01. The maximum Gasteiger partial charge on any atom is 0.256 e. The van der Waals surface area contributed by atoms with E-state index in [0.717, 1.165) is 36.3 Å². The summed E-state index contributed by atoms with van der Waals surface area (Å²) in [6.07, 6.45) is 0. The second-order valence-electron chi connectivity index (χ2n) is 7.87. The molecule has 3 aromatic carbocycles. The Balaban J connectivity index is 1.53. The fourth-order valence-electron chi connectivity index (χ4n) is 4.80. The van der Waals surface area contributed by atoms with Gasteiger partial charge in [-0.05, 0) is 24.1 Å². The van der Waals surface area contributed by atoms with Gasteiger partial charge in [-0.1, -0.05) is 78.4 Å². The number of amides is 1. The van der Waals surface area contributed by atoms with Crippen LogP contribution in [0.4, 0.5) is 0 Å². The molecule has 4 nitrogen and oxygen atoms in total. The summed E-state index contributed by atoms with van der Waals surface area (Å²) in [5, 5.41) is 3.60. The lowest BCUT2D eigenvalue weighted by atomic mass is 9.89. The molecule has 1 amide bonds. The van der Waals surface area contributed by atoms with Crippen LogP contribution in [-0.2, 0) is 12.2 Å². The van der Waals surface area contributed by atoms with Gasteiger partial charge in [-0.2, -0.15) is 0 Å². The Hall–Kier alpha value is -2.95. The minimum atomic E-state index is -0.537. The van der Waals surface area contributed by atoms with E-state index in [0.29, 0.717) is 6.67 Å². The van der Waals surface area contributed by atoms with Crippen molar-refractivity contribution in [2.45, 2.75) is 19.1 Å². The van der Waals surface area contributed by atoms with Gasteiger partial charge in [0.1, 0.15) is 0 Å². The number of nitrogens with zero attached hydrogens (tertiary/aromatic N) is 2. The highest BCUT2D eigenvalue weighted by Crippen LogP contribution is 2.49. The van der Waals surface area contributed by atoms with E-state index in [2.05, 4.69) is 71.7 Å². The van der Waals surface area contributed by atoms with E-state index in [4.69, 9.17) is 0 Å². The van der Waals surface area contributed by atoms with Crippen molar-refractivity contribution in [3.05, 3.63) is 107 Å². The first-order valence-electron chi connectivity index (χ1n) is 10.2. The van der Waals surface area contributed by atoms with Gasteiger partial charge in [-0.3, -0.25) is 9.69 Å². The van der Waals surface area contributed by atoms with Crippen LogP contribution in [0, 0.1) is 6.92 Å². The number of fused-ring (bicyclic) bond motifs is 3. The number of benzene rings is 3. The van der Waals surface area contributed by atoms with Crippen LogP contribution in [0.1, 0.15) is 32.6 Å². The predicted octanol–water partition coefficient (Wildman–Crippen LogP) is 3.71. The quantitative estimate of drug-likeness (QED) is 0.730. The van der Waals surface area contributed by atoms with Crippen molar-refractivity contribution in [1.29, 1.82) is 0 Å². The second-order valence-corrected chi connectivity index (χ2v) is 7.87. The number of hydrogen-bond donors (Lipinski definition) is 1. The summed E-state index contributed by atoms with van der Waals surface area (Å²) < 4.78 is 0. The van der Waals surface area contributed by atoms with Crippen LogP contribution in [0.5, 0.6) is 0 Å². The second kappa shape index (κ2) is 7.14. The molecule has 2 heterocycles. The number of carbonyl (C=O) groups is 1. The minimum absolute atomic E-state index is 0.131. The predicted molar refractivity (Wildman–Crippen MR) is 114 cm³/mol. The molecule has 0 spiro atoms. The molecule has 1 unspecified atom stereocenters. The van der Waals surface area contributed by atoms with Crippen molar-refractivity contribution in [1.82, 2.24) is 15.1 Å². The van der Waals surface area contributed by atoms with Crippen LogP contribution in [0.25, 0.3) is 0 Å². The van der Waals surface area contributed by atoms with E-state index in [1.54, 1.807) is 0 Å². The van der Waals surface area contributed by atoms with Crippen LogP contribution in [0.2, 0.25) is 0 Å². The zero-order chi connectivity index (χ0) is 19.8. The molecule has 0 bridgehead atoms. The van der Waals surface area contributed by atoms with Crippen LogP contribution in [-0.4, -0.2) is 35.5 Å². The van der Waals surface area contributed by atoms with Crippen molar-refractivity contribution in [3.63, 3.8) is 0 Å². The van der Waals surface area contributed by atoms with E-state index in [9.17, 15) is 4.79 Å². The van der Waals surface area contributed by atoms with Crippen LogP contribution < -0.4 is 5.32 Å². The fraction of sp³-hybridized carbons (Fsp3) is 0.240. The van der Waals surface area contributed by atoms with Gasteiger partial charge in [0.15, 0.2) is 5.66 Å². The normalized spacial score (nSPS) is 20.7. The van der Waals surface area contributed by atoms with E-state index in [1.807, 2.05) is 29.2 Å². The third-order valence-electron chi connectivity index (χ3n) is 6.15. The molecule has 1 fully saturated rings. The number of carbonyl (C=O) groups excluding carboxylic acids is 1. The highest BCUT2D eigenvalue weighted by Gasteiger charge is 2.57. The zero-order valence-electron chi connectivity index (χ0n) is 16.6. The van der Waals surface area contributed by atoms with Gasteiger partial charge in [0.2, 0.25) is 0 Å². The molecule has 0 aromatic heterocycles. The molecule has 3 aromatic rings. The molecular weight excluding hydrogens is 358 g/mol. The van der Waals surface area contributed by atoms with E-state index >= 15 is 0 Å². The average Bonchev–Trinajstić information content (AvgIpc) is 3.25. The monoisotopic (exact) mass is 383 g/mol. The van der Waals surface area contributed by atoms with Crippen LogP contribution in [0.3, 0.4) is 0 Å². The highest BCUT2D eigenvalue weighted by atomic mass is 16.2. The fourth-order valence-corrected chi connectivity index (χ4v) is 4.80. The zero-order valence-corrected chi connectivity index (χ0v) is 16.6. The van der Waals surface area contributed by atoms with Gasteiger partial charge in [-0.15, -0.1) is 0 Å². The summed E-state index contributed by atoms with van der Waals surface area (Å²) >= 11 is 0. The van der Waals surface area contributed by atoms with Crippen LogP contribution >= 0.6 is 0 Å². The molecule has 0 radical (unpaired) electrons. The molecule has 1 atom stereocenters. The molecule has 1 N–H and O–H groups in total. The average molecular weight is 383 g/mol. The first kappa shape index (κ1) is 18.1. The summed E-state index contributed by atoms with van der Waals surface area (Å²) in [7, 11) is 0. The van der Waals surface area contributed by atoms with Gasteiger partial charge >= 0.3 is 0 Å². The molecule has 0 saturated carbocycles. The third kappa shape index (κ3) is 2.79. The molecule has 29 heavy (non-hydrogen) atoms. The Kier molecular flexibility index (Phi) is 4.46. The Labute approximate surface area is 171 Å². The SMILES string of the molecule is Cc1ccc(C23c4ccccc4C(=O)N2CCN3CNCc2ccccc2)cc1. The molecular formula is C25H25N3O. The number of hydrogen-bond acceptors (Lipinski definition) is 3. The van der Waals surface area contributed by atoms with E-state index in [1.165, 1.54) is 11.1 Å². The van der Waals surface area contributed by atoms with Crippen molar-refractivity contribution < 1.29 is 4.79 Å². The first-order chi connectivity index (χ1) is 14.2. The molecule has 5 rings (SSSR count).